The summed E-state index contributed by atoms with van der Waals surface area (Å²) in [5.74, 6) is 0.459. The van der Waals surface area contributed by atoms with Gasteiger partial charge >= 0.3 is 6.09 Å². The molecule has 0 bridgehead atoms. The Kier molecular flexibility index (Phi) is 7.45. The number of hydrogen-bond donors (Lipinski definition) is 1. The topological polar surface area (TPSA) is 82.4 Å². The standard InChI is InChI=1S/C22H31N3O3/c1-16-11-13-25(14-12-16)20(26)19(28-21(27)24-22(2,3)4)10-9-17-7-5-6-8-18(17)15-23/h5-8,16,19H,9-14H2,1-4H3,(H,24,27). The Balaban J connectivity index is 2.10. The number of piperidine rings is 1. The van der Waals surface area contributed by atoms with Crippen LogP contribution in [0.25, 0.3) is 0 Å². The van der Waals surface area contributed by atoms with Gasteiger partial charge in [0.25, 0.3) is 5.91 Å². The van der Waals surface area contributed by atoms with E-state index in [1.165, 1.54) is 0 Å². The number of carbonyl (C=O) groups excluding carboxylic acids is 2. The minimum Gasteiger partial charge on any atom is -0.436 e. The number of ether oxygens (including phenoxy) is 1. The first-order valence-corrected chi connectivity index (χ1v) is 9.95. The second-order valence-electron chi connectivity index (χ2n) is 8.58. The lowest BCUT2D eigenvalue weighted by Crippen LogP contribution is -2.48. The lowest BCUT2D eigenvalue weighted by Gasteiger charge is -2.33. The number of nitriles is 1. The SMILES string of the molecule is CC1CCN(C(=O)C(CCc2ccccc2C#N)OC(=O)NC(C)(C)C)CC1. The van der Waals surface area contributed by atoms with Crippen molar-refractivity contribution in [3.05, 3.63) is 35.4 Å². The zero-order valence-corrected chi connectivity index (χ0v) is 17.3. The number of hydrogen-bond acceptors (Lipinski definition) is 4. The van der Waals surface area contributed by atoms with Crippen molar-refractivity contribution < 1.29 is 14.3 Å². The molecule has 0 aliphatic carbocycles. The molecule has 0 spiro atoms. The van der Waals surface area contributed by atoms with Gasteiger partial charge in [-0.25, -0.2) is 4.79 Å². The smallest absolute Gasteiger partial charge is 0.408 e. The van der Waals surface area contributed by atoms with E-state index in [0.29, 0.717) is 37.4 Å². The van der Waals surface area contributed by atoms with Crippen molar-refractivity contribution in [2.45, 2.75) is 65.0 Å². The molecular formula is C22H31N3O3. The van der Waals surface area contributed by atoms with Gasteiger partial charge in [0.15, 0.2) is 6.10 Å². The van der Waals surface area contributed by atoms with E-state index < -0.39 is 17.7 Å². The van der Waals surface area contributed by atoms with E-state index in [2.05, 4.69) is 18.3 Å². The number of likely N-dealkylation sites (tertiary alicyclic amines) is 1. The van der Waals surface area contributed by atoms with E-state index in [9.17, 15) is 14.9 Å². The number of aryl methyl sites for hydroxylation is 1. The van der Waals surface area contributed by atoms with Crippen LogP contribution in [0.3, 0.4) is 0 Å². The number of carbonyl (C=O) groups is 2. The van der Waals surface area contributed by atoms with Crippen LogP contribution in [0.2, 0.25) is 0 Å². The molecule has 1 heterocycles. The first-order chi connectivity index (χ1) is 13.2. The van der Waals surface area contributed by atoms with E-state index in [0.717, 1.165) is 18.4 Å². The molecule has 2 amide bonds. The van der Waals surface area contributed by atoms with E-state index >= 15 is 0 Å². The molecular weight excluding hydrogens is 354 g/mol. The van der Waals surface area contributed by atoms with Crippen molar-refractivity contribution in [3.8, 4) is 6.07 Å². The van der Waals surface area contributed by atoms with Crippen LogP contribution in [0.1, 0.15) is 58.1 Å². The lowest BCUT2D eigenvalue weighted by molar-refractivity contribution is -0.142. The summed E-state index contributed by atoms with van der Waals surface area (Å²) in [5.41, 5.74) is 0.994. The molecule has 1 N–H and O–H groups in total. The summed E-state index contributed by atoms with van der Waals surface area (Å²) in [6.45, 7) is 9.15. The van der Waals surface area contributed by atoms with Crippen LogP contribution in [0.15, 0.2) is 24.3 Å². The average Bonchev–Trinajstić information content (AvgIpc) is 2.64. The number of nitrogens with zero attached hydrogens (tertiary/aromatic N) is 2. The summed E-state index contributed by atoms with van der Waals surface area (Å²) < 4.78 is 5.54. The highest BCUT2D eigenvalue weighted by Crippen LogP contribution is 2.20. The molecule has 6 nitrogen and oxygen atoms in total. The maximum atomic E-state index is 13.0. The average molecular weight is 386 g/mol. The largest absolute Gasteiger partial charge is 0.436 e. The molecule has 2 rings (SSSR count). The van der Waals surface area contributed by atoms with Crippen LogP contribution in [0.4, 0.5) is 4.79 Å². The lowest BCUT2D eigenvalue weighted by atomic mass is 9.97. The third-order valence-electron chi connectivity index (χ3n) is 4.91. The Morgan fingerprint density at radius 1 is 1.29 bits per heavy atom. The molecule has 152 valence electrons. The fourth-order valence-corrected chi connectivity index (χ4v) is 3.26. The molecule has 0 radical (unpaired) electrons. The first kappa shape index (κ1) is 21.7. The van der Waals surface area contributed by atoms with Crippen molar-refractivity contribution in [2.75, 3.05) is 13.1 Å². The third kappa shape index (κ3) is 6.56. The quantitative estimate of drug-likeness (QED) is 0.839. The Morgan fingerprint density at radius 2 is 1.93 bits per heavy atom. The molecule has 1 atom stereocenters. The van der Waals surface area contributed by atoms with Gasteiger partial charge < -0.3 is 15.0 Å². The number of benzene rings is 1. The number of amides is 2. The van der Waals surface area contributed by atoms with Gasteiger partial charge in [0.2, 0.25) is 0 Å². The highest BCUT2D eigenvalue weighted by Gasteiger charge is 2.30. The Hall–Kier alpha value is -2.55. The summed E-state index contributed by atoms with van der Waals surface area (Å²) in [7, 11) is 0. The van der Waals surface area contributed by atoms with E-state index in [-0.39, 0.29) is 5.91 Å². The normalized spacial score (nSPS) is 16.2. The van der Waals surface area contributed by atoms with Crippen LogP contribution in [-0.2, 0) is 16.0 Å². The number of alkyl carbamates (subject to hydrolysis) is 1. The molecule has 1 aromatic carbocycles. The van der Waals surface area contributed by atoms with Gasteiger partial charge in [-0.05, 0) is 64.0 Å². The minimum atomic E-state index is -0.859. The molecule has 0 aromatic heterocycles. The number of nitrogens with one attached hydrogen (secondary N) is 1. The number of rotatable bonds is 5. The van der Waals surface area contributed by atoms with E-state index in [1.807, 2.05) is 39.0 Å². The molecule has 1 saturated heterocycles. The molecule has 1 fully saturated rings. The van der Waals surface area contributed by atoms with Gasteiger partial charge in [0, 0.05) is 18.6 Å². The summed E-state index contributed by atoms with van der Waals surface area (Å²) in [6.07, 6.45) is 1.31. The zero-order chi connectivity index (χ0) is 20.7. The molecule has 0 saturated carbocycles. The van der Waals surface area contributed by atoms with Crippen LogP contribution in [0.5, 0.6) is 0 Å². The highest BCUT2D eigenvalue weighted by molar-refractivity contribution is 5.83. The summed E-state index contributed by atoms with van der Waals surface area (Å²) in [6, 6.07) is 9.48. The van der Waals surface area contributed by atoms with Crippen LogP contribution in [-0.4, -0.2) is 41.6 Å². The van der Waals surface area contributed by atoms with Gasteiger partial charge in [-0.15, -0.1) is 0 Å². The molecule has 6 heteroatoms. The first-order valence-electron chi connectivity index (χ1n) is 9.95. The van der Waals surface area contributed by atoms with Gasteiger partial charge in [-0.2, -0.15) is 5.26 Å². The molecule has 1 aliphatic heterocycles. The molecule has 28 heavy (non-hydrogen) atoms. The summed E-state index contributed by atoms with van der Waals surface area (Å²) >= 11 is 0. The minimum absolute atomic E-state index is 0.148. The summed E-state index contributed by atoms with van der Waals surface area (Å²) in [5, 5.41) is 12.0. The fraction of sp³-hybridized carbons (Fsp3) is 0.591. The van der Waals surface area contributed by atoms with Crippen molar-refractivity contribution in [3.63, 3.8) is 0 Å². The molecule has 1 aliphatic rings. The zero-order valence-electron chi connectivity index (χ0n) is 17.3. The molecule has 1 unspecified atom stereocenters. The van der Waals surface area contributed by atoms with E-state index in [1.54, 1.807) is 11.0 Å². The highest BCUT2D eigenvalue weighted by atomic mass is 16.6. The van der Waals surface area contributed by atoms with Gasteiger partial charge in [-0.3, -0.25) is 4.79 Å². The van der Waals surface area contributed by atoms with Crippen molar-refractivity contribution in [1.29, 1.82) is 5.26 Å². The van der Waals surface area contributed by atoms with Crippen molar-refractivity contribution >= 4 is 12.0 Å². The predicted molar refractivity (Wildman–Crippen MR) is 108 cm³/mol. The Bertz CT molecular complexity index is 725. The van der Waals surface area contributed by atoms with Crippen LogP contribution in [0, 0.1) is 17.2 Å². The van der Waals surface area contributed by atoms with Gasteiger partial charge in [0.05, 0.1) is 11.6 Å². The van der Waals surface area contributed by atoms with Crippen molar-refractivity contribution in [1.82, 2.24) is 10.2 Å². The third-order valence-corrected chi connectivity index (χ3v) is 4.91. The van der Waals surface area contributed by atoms with Gasteiger partial charge in [0.1, 0.15) is 0 Å². The van der Waals surface area contributed by atoms with Gasteiger partial charge in [-0.1, -0.05) is 25.1 Å². The molecule has 1 aromatic rings. The summed E-state index contributed by atoms with van der Waals surface area (Å²) in [4.78, 5) is 27.1. The van der Waals surface area contributed by atoms with Crippen molar-refractivity contribution in [2.24, 2.45) is 5.92 Å². The monoisotopic (exact) mass is 385 g/mol. The maximum absolute atomic E-state index is 13.0. The second-order valence-corrected chi connectivity index (χ2v) is 8.58. The van der Waals surface area contributed by atoms with Crippen LogP contribution < -0.4 is 5.32 Å². The Morgan fingerprint density at radius 3 is 2.54 bits per heavy atom. The predicted octanol–water partition coefficient (Wildman–Crippen LogP) is 3.64. The maximum Gasteiger partial charge on any atom is 0.408 e. The fourth-order valence-electron chi connectivity index (χ4n) is 3.26. The second kappa shape index (κ2) is 9.59. The van der Waals surface area contributed by atoms with Crippen LogP contribution >= 0.6 is 0 Å². The van der Waals surface area contributed by atoms with E-state index in [4.69, 9.17) is 4.74 Å². The Labute approximate surface area is 167 Å².